The van der Waals surface area contributed by atoms with Crippen molar-refractivity contribution in [3.05, 3.63) is 12.1 Å². The van der Waals surface area contributed by atoms with Crippen LogP contribution in [0.15, 0.2) is 12.1 Å². The fourth-order valence-electron chi connectivity index (χ4n) is 3.40. The number of piperidine rings is 1. The van der Waals surface area contributed by atoms with E-state index in [-0.39, 0.29) is 34.8 Å². The summed E-state index contributed by atoms with van der Waals surface area (Å²) in [7, 11) is 4.14. The summed E-state index contributed by atoms with van der Waals surface area (Å²) in [6.45, 7) is 0.935. The van der Waals surface area contributed by atoms with Crippen LogP contribution < -0.4 is 29.2 Å². The number of nitrogens with zero attached hydrogens (tertiary/aromatic N) is 4. The number of anilines is 3. The molecule has 194 valence electrons. The number of aromatic nitrogens is 3. The molecule has 3 rings (SSSR count). The third-order valence-electron chi connectivity index (χ3n) is 4.98. The standard InChI is InChI=1S/C20H23F6N5O4/c1-32-12-9-11(10-13(33-2)14(12)34-3)27-16-28-17(31-7-5-4-6-8-31)30-18(29-16)35-15(19(21,22)23)20(24,25)26/h9-10,15H,4-8H2,1-3H3,(H,27,28,29,30). The lowest BCUT2D eigenvalue weighted by Crippen LogP contribution is -2.47. The molecular formula is C20H23F6N5O4. The molecule has 2 aromatic rings. The summed E-state index contributed by atoms with van der Waals surface area (Å²) < 4.78 is 98.3. The molecule has 1 aliphatic rings. The molecule has 1 aromatic carbocycles. The molecule has 0 atom stereocenters. The monoisotopic (exact) mass is 511 g/mol. The molecule has 35 heavy (non-hydrogen) atoms. The van der Waals surface area contributed by atoms with E-state index in [2.05, 4.69) is 25.0 Å². The fraction of sp³-hybridized carbons (Fsp3) is 0.550. The number of hydrogen-bond donors (Lipinski definition) is 1. The molecule has 0 amide bonds. The van der Waals surface area contributed by atoms with Gasteiger partial charge >= 0.3 is 18.4 Å². The molecule has 15 heteroatoms. The van der Waals surface area contributed by atoms with Gasteiger partial charge in [0.25, 0.3) is 6.10 Å². The van der Waals surface area contributed by atoms with E-state index in [9.17, 15) is 26.3 Å². The Morgan fingerprint density at radius 2 is 1.40 bits per heavy atom. The Morgan fingerprint density at radius 1 is 0.829 bits per heavy atom. The fourth-order valence-corrected chi connectivity index (χ4v) is 3.40. The third kappa shape index (κ3) is 6.39. The summed E-state index contributed by atoms with van der Waals surface area (Å²) in [6.07, 6.45) is -13.1. The lowest BCUT2D eigenvalue weighted by atomic mass is 10.1. The van der Waals surface area contributed by atoms with Crippen LogP contribution in [0.5, 0.6) is 23.3 Å². The lowest BCUT2D eigenvalue weighted by Gasteiger charge is -2.27. The van der Waals surface area contributed by atoms with Crippen molar-refractivity contribution in [2.75, 3.05) is 44.6 Å². The molecule has 1 N–H and O–H groups in total. The highest BCUT2D eigenvalue weighted by molar-refractivity contribution is 5.66. The van der Waals surface area contributed by atoms with E-state index < -0.39 is 24.5 Å². The SMILES string of the molecule is COc1cc(Nc2nc(OC(C(F)(F)F)C(F)(F)F)nc(N3CCCCC3)n2)cc(OC)c1OC. The van der Waals surface area contributed by atoms with E-state index in [1.165, 1.54) is 33.5 Å². The molecule has 0 aliphatic carbocycles. The summed E-state index contributed by atoms with van der Waals surface area (Å²) in [4.78, 5) is 13.2. The molecule has 1 aliphatic heterocycles. The highest BCUT2D eigenvalue weighted by atomic mass is 19.4. The van der Waals surface area contributed by atoms with Crippen molar-refractivity contribution in [1.29, 1.82) is 0 Å². The Kier molecular flexibility index (Phi) is 7.85. The van der Waals surface area contributed by atoms with Crippen LogP contribution in [0.1, 0.15) is 19.3 Å². The van der Waals surface area contributed by atoms with Crippen molar-refractivity contribution in [3.63, 3.8) is 0 Å². The molecule has 0 saturated carbocycles. The van der Waals surface area contributed by atoms with Crippen molar-refractivity contribution >= 4 is 17.6 Å². The van der Waals surface area contributed by atoms with Gasteiger partial charge in [0.15, 0.2) is 11.5 Å². The van der Waals surface area contributed by atoms with Crippen LogP contribution in [0.2, 0.25) is 0 Å². The van der Waals surface area contributed by atoms with E-state index in [4.69, 9.17) is 14.2 Å². The second-order valence-corrected chi connectivity index (χ2v) is 7.41. The van der Waals surface area contributed by atoms with Gasteiger partial charge in [0, 0.05) is 30.9 Å². The summed E-state index contributed by atoms with van der Waals surface area (Å²) in [6, 6.07) is 1.79. The highest BCUT2D eigenvalue weighted by Gasteiger charge is 2.59. The lowest BCUT2D eigenvalue weighted by molar-refractivity contribution is -0.301. The van der Waals surface area contributed by atoms with Gasteiger partial charge < -0.3 is 29.2 Å². The largest absolute Gasteiger partial charge is 0.493 e. The van der Waals surface area contributed by atoms with Crippen molar-refractivity contribution in [1.82, 2.24) is 15.0 Å². The molecule has 0 bridgehead atoms. The minimum Gasteiger partial charge on any atom is -0.493 e. The number of rotatable bonds is 8. The van der Waals surface area contributed by atoms with Gasteiger partial charge in [0.1, 0.15) is 0 Å². The van der Waals surface area contributed by atoms with Crippen LogP contribution >= 0.6 is 0 Å². The molecule has 1 fully saturated rings. The summed E-state index contributed by atoms with van der Waals surface area (Å²) >= 11 is 0. The number of ether oxygens (including phenoxy) is 4. The number of alkyl halides is 6. The van der Waals surface area contributed by atoms with Crippen LogP contribution in [-0.4, -0.2) is 67.8 Å². The predicted octanol–water partition coefficient (Wildman–Crippen LogP) is 4.50. The first-order chi connectivity index (χ1) is 16.5. The number of nitrogens with one attached hydrogen (secondary N) is 1. The normalized spacial score (nSPS) is 14.6. The smallest absolute Gasteiger partial charge is 0.434 e. The molecule has 0 radical (unpaired) electrons. The van der Waals surface area contributed by atoms with Crippen molar-refractivity contribution < 1.29 is 45.3 Å². The Balaban J connectivity index is 2.02. The predicted molar refractivity (Wildman–Crippen MR) is 112 cm³/mol. The van der Waals surface area contributed by atoms with Gasteiger partial charge in [-0.05, 0) is 19.3 Å². The first-order valence-electron chi connectivity index (χ1n) is 10.3. The van der Waals surface area contributed by atoms with Gasteiger partial charge in [0.05, 0.1) is 21.3 Å². The molecule has 0 spiro atoms. The van der Waals surface area contributed by atoms with E-state index >= 15 is 0 Å². The van der Waals surface area contributed by atoms with Gasteiger partial charge in [-0.2, -0.15) is 41.3 Å². The summed E-state index contributed by atoms with van der Waals surface area (Å²) in [5.41, 5.74) is 0.254. The van der Waals surface area contributed by atoms with Gasteiger partial charge in [0.2, 0.25) is 17.6 Å². The van der Waals surface area contributed by atoms with Gasteiger partial charge in [-0.25, -0.2) is 0 Å². The highest BCUT2D eigenvalue weighted by Crippen LogP contribution is 2.41. The maximum atomic E-state index is 13.1. The van der Waals surface area contributed by atoms with E-state index in [1.54, 1.807) is 4.90 Å². The zero-order valence-electron chi connectivity index (χ0n) is 19.0. The molecular weight excluding hydrogens is 488 g/mol. The van der Waals surface area contributed by atoms with Crippen LogP contribution in [-0.2, 0) is 0 Å². The minimum absolute atomic E-state index is 0.118. The molecule has 1 aromatic heterocycles. The Morgan fingerprint density at radius 3 is 1.89 bits per heavy atom. The number of hydrogen-bond acceptors (Lipinski definition) is 9. The second-order valence-electron chi connectivity index (χ2n) is 7.41. The number of halogens is 6. The van der Waals surface area contributed by atoms with E-state index in [0.717, 1.165) is 19.3 Å². The zero-order chi connectivity index (χ0) is 25.8. The minimum atomic E-state index is -5.74. The zero-order valence-corrected chi connectivity index (χ0v) is 19.0. The van der Waals surface area contributed by atoms with Crippen LogP contribution in [0.25, 0.3) is 0 Å². The van der Waals surface area contributed by atoms with Gasteiger partial charge in [-0.3, -0.25) is 0 Å². The molecule has 9 nitrogen and oxygen atoms in total. The molecule has 2 heterocycles. The van der Waals surface area contributed by atoms with Crippen LogP contribution in [0, 0.1) is 0 Å². The maximum Gasteiger partial charge on any atom is 0.434 e. The molecule has 1 saturated heterocycles. The quantitative estimate of drug-likeness (QED) is 0.515. The number of methoxy groups -OCH3 is 3. The van der Waals surface area contributed by atoms with Crippen LogP contribution in [0.4, 0.5) is 43.9 Å². The van der Waals surface area contributed by atoms with E-state index in [0.29, 0.717) is 13.1 Å². The van der Waals surface area contributed by atoms with Crippen molar-refractivity contribution in [2.24, 2.45) is 0 Å². The summed E-state index contributed by atoms with van der Waals surface area (Å²) in [5, 5.41) is 2.73. The summed E-state index contributed by atoms with van der Waals surface area (Å²) in [5.74, 6) is 0.295. The van der Waals surface area contributed by atoms with E-state index in [1.807, 2.05) is 0 Å². The van der Waals surface area contributed by atoms with Crippen molar-refractivity contribution in [3.8, 4) is 23.3 Å². The first kappa shape index (κ1) is 26.2. The van der Waals surface area contributed by atoms with Crippen LogP contribution in [0.3, 0.4) is 0 Å². The third-order valence-corrected chi connectivity index (χ3v) is 4.98. The number of benzene rings is 1. The topological polar surface area (TPSA) is 90.9 Å². The second kappa shape index (κ2) is 10.5. The Labute approximate surface area is 196 Å². The average molecular weight is 511 g/mol. The average Bonchev–Trinajstić information content (AvgIpc) is 2.80. The van der Waals surface area contributed by atoms with Crippen molar-refractivity contribution in [2.45, 2.75) is 37.7 Å². The van der Waals surface area contributed by atoms with Gasteiger partial charge in [-0.1, -0.05) is 0 Å². The Hall–Kier alpha value is -3.39. The van der Waals surface area contributed by atoms with Gasteiger partial charge in [-0.15, -0.1) is 0 Å². The molecule has 0 unspecified atom stereocenters. The first-order valence-corrected chi connectivity index (χ1v) is 10.3. The Bertz CT molecular complexity index is 975. The maximum absolute atomic E-state index is 13.1.